The predicted octanol–water partition coefficient (Wildman–Crippen LogP) is 3.60. The Balaban J connectivity index is 1.48. The van der Waals surface area contributed by atoms with E-state index in [0.717, 1.165) is 18.8 Å². The maximum absolute atomic E-state index is 13.0. The van der Waals surface area contributed by atoms with Crippen LogP contribution in [0.2, 0.25) is 0 Å². The third-order valence-corrected chi connectivity index (χ3v) is 7.16. The number of anilines is 3. The number of carbonyl (C=O) groups excluding carboxylic acids is 1. The van der Waals surface area contributed by atoms with E-state index in [1.54, 1.807) is 48.5 Å². The molecule has 1 N–H and O–H groups in total. The molecule has 3 aromatic rings. The molecule has 4 rings (SSSR count). The summed E-state index contributed by atoms with van der Waals surface area (Å²) in [6.45, 7) is 3.04. The average molecular weight is 452 g/mol. The standard InChI is InChI=1S/C24H25N3O4S/c1-26(21-7-3-2-4-8-21)32(29,30)23-9-5-6-20(18-23)25-24(28)19-10-12-22(13-11-19)27-14-16-31-17-15-27/h2-13,18H,14-17H2,1H3,(H,25,28). The number of rotatable bonds is 6. The van der Waals surface area contributed by atoms with Crippen molar-refractivity contribution in [1.82, 2.24) is 0 Å². The fraction of sp³-hybridized carbons (Fsp3) is 0.208. The lowest BCUT2D eigenvalue weighted by Crippen LogP contribution is -2.36. The number of benzene rings is 3. The number of hydrogen-bond donors (Lipinski definition) is 1. The topological polar surface area (TPSA) is 79.0 Å². The summed E-state index contributed by atoms with van der Waals surface area (Å²) in [4.78, 5) is 15.0. The van der Waals surface area contributed by atoms with Crippen molar-refractivity contribution in [3.63, 3.8) is 0 Å². The highest BCUT2D eigenvalue weighted by molar-refractivity contribution is 7.92. The van der Waals surface area contributed by atoms with Gasteiger partial charge in [0.15, 0.2) is 0 Å². The molecule has 0 atom stereocenters. The molecule has 166 valence electrons. The number of para-hydroxylation sites is 1. The number of amides is 1. The molecular weight excluding hydrogens is 426 g/mol. The number of ether oxygens (including phenoxy) is 1. The summed E-state index contributed by atoms with van der Waals surface area (Å²) in [5, 5.41) is 2.79. The van der Waals surface area contributed by atoms with Crippen LogP contribution in [0.1, 0.15) is 10.4 Å². The van der Waals surface area contributed by atoms with E-state index in [9.17, 15) is 13.2 Å². The summed E-state index contributed by atoms with van der Waals surface area (Å²) in [6.07, 6.45) is 0. The zero-order chi connectivity index (χ0) is 22.6. The van der Waals surface area contributed by atoms with Crippen molar-refractivity contribution in [3.05, 3.63) is 84.4 Å². The van der Waals surface area contributed by atoms with Gasteiger partial charge in [-0.05, 0) is 54.6 Å². The quantitative estimate of drug-likeness (QED) is 0.620. The maximum Gasteiger partial charge on any atom is 0.264 e. The molecule has 7 nitrogen and oxygen atoms in total. The molecule has 0 spiro atoms. The van der Waals surface area contributed by atoms with Crippen LogP contribution in [0.5, 0.6) is 0 Å². The molecule has 3 aromatic carbocycles. The molecule has 1 aliphatic heterocycles. The number of carbonyl (C=O) groups is 1. The second-order valence-electron chi connectivity index (χ2n) is 7.44. The highest BCUT2D eigenvalue weighted by atomic mass is 32.2. The van der Waals surface area contributed by atoms with E-state index in [2.05, 4.69) is 10.2 Å². The van der Waals surface area contributed by atoms with Gasteiger partial charge in [-0.2, -0.15) is 0 Å². The fourth-order valence-electron chi connectivity index (χ4n) is 3.52. The monoisotopic (exact) mass is 451 g/mol. The number of sulfonamides is 1. The minimum Gasteiger partial charge on any atom is -0.378 e. The Morgan fingerprint density at radius 1 is 0.938 bits per heavy atom. The summed E-state index contributed by atoms with van der Waals surface area (Å²) >= 11 is 0. The van der Waals surface area contributed by atoms with Crippen LogP contribution in [0.15, 0.2) is 83.8 Å². The molecule has 0 saturated carbocycles. The van der Waals surface area contributed by atoms with Crippen LogP contribution in [0, 0.1) is 0 Å². The highest BCUT2D eigenvalue weighted by Crippen LogP contribution is 2.24. The molecule has 1 aliphatic rings. The summed E-state index contributed by atoms with van der Waals surface area (Å²) in [6, 6.07) is 22.5. The SMILES string of the molecule is CN(c1ccccc1)S(=O)(=O)c1cccc(NC(=O)c2ccc(N3CCOCC3)cc2)c1. The zero-order valence-corrected chi connectivity index (χ0v) is 18.6. The van der Waals surface area contributed by atoms with E-state index in [1.165, 1.54) is 23.5 Å². The van der Waals surface area contributed by atoms with E-state index in [4.69, 9.17) is 4.74 Å². The lowest BCUT2D eigenvalue weighted by molar-refractivity contribution is 0.102. The molecule has 1 amide bonds. The van der Waals surface area contributed by atoms with E-state index in [1.807, 2.05) is 18.2 Å². The molecule has 1 heterocycles. The van der Waals surface area contributed by atoms with Crippen LogP contribution in [0.25, 0.3) is 0 Å². The van der Waals surface area contributed by atoms with E-state index in [0.29, 0.717) is 30.2 Å². The first-order valence-electron chi connectivity index (χ1n) is 10.3. The maximum atomic E-state index is 13.0. The van der Waals surface area contributed by atoms with Crippen molar-refractivity contribution in [3.8, 4) is 0 Å². The molecule has 1 saturated heterocycles. The van der Waals surface area contributed by atoms with Crippen LogP contribution in [0.3, 0.4) is 0 Å². The Kier molecular flexibility index (Phi) is 6.43. The van der Waals surface area contributed by atoms with Crippen LogP contribution >= 0.6 is 0 Å². The Morgan fingerprint density at radius 3 is 2.31 bits per heavy atom. The third kappa shape index (κ3) is 4.76. The predicted molar refractivity (Wildman–Crippen MR) is 126 cm³/mol. The van der Waals surface area contributed by atoms with Crippen molar-refractivity contribution in [2.24, 2.45) is 0 Å². The Bertz CT molecular complexity index is 1180. The fourth-order valence-corrected chi connectivity index (χ4v) is 4.76. The second kappa shape index (κ2) is 9.42. The number of nitrogens with zero attached hydrogens (tertiary/aromatic N) is 2. The summed E-state index contributed by atoms with van der Waals surface area (Å²) in [7, 11) is -2.26. The van der Waals surface area contributed by atoms with E-state index in [-0.39, 0.29) is 10.8 Å². The summed E-state index contributed by atoms with van der Waals surface area (Å²) in [5.41, 5.74) is 2.51. The molecule has 1 fully saturated rings. The third-order valence-electron chi connectivity index (χ3n) is 5.38. The molecule has 0 unspecified atom stereocenters. The summed E-state index contributed by atoms with van der Waals surface area (Å²) < 4.78 is 32.6. The van der Waals surface area contributed by atoms with Crippen LogP contribution < -0.4 is 14.5 Å². The lowest BCUT2D eigenvalue weighted by Gasteiger charge is -2.28. The first-order valence-corrected chi connectivity index (χ1v) is 11.8. The van der Waals surface area contributed by atoms with Gasteiger partial charge in [0.2, 0.25) is 0 Å². The van der Waals surface area contributed by atoms with Crippen LogP contribution in [0.4, 0.5) is 17.1 Å². The average Bonchev–Trinajstić information content (AvgIpc) is 2.85. The lowest BCUT2D eigenvalue weighted by atomic mass is 10.1. The first kappa shape index (κ1) is 21.9. The molecule has 0 aliphatic carbocycles. The van der Waals surface area contributed by atoms with Gasteiger partial charge in [-0.15, -0.1) is 0 Å². The number of hydrogen-bond acceptors (Lipinski definition) is 5. The minimum atomic E-state index is -3.77. The van der Waals surface area contributed by atoms with Gasteiger partial charge in [0.1, 0.15) is 0 Å². The number of morpholine rings is 1. The Morgan fingerprint density at radius 2 is 1.62 bits per heavy atom. The van der Waals surface area contributed by atoms with Gasteiger partial charge in [0, 0.05) is 37.1 Å². The smallest absolute Gasteiger partial charge is 0.264 e. The van der Waals surface area contributed by atoms with Crippen LogP contribution in [-0.2, 0) is 14.8 Å². The van der Waals surface area contributed by atoms with Crippen molar-refractivity contribution < 1.29 is 17.9 Å². The molecule has 0 aromatic heterocycles. The molecule has 8 heteroatoms. The molecule has 0 bridgehead atoms. The molecule has 32 heavy (non-hydrogen) atoms. The zero-order valence-electron chi connectivity index (χ0n) is 17.8. The van der Waals surface area contributed by atoms with Crippen molar-refractivity contribution >= 4 is 33.0 Å². The van der Waals surface area contributed by atoms with Crippen molar-refractivity contribution in [2.45, 2.75) is 4.90 Å². The van der Waals surface area contributed by atoms with Gasteiger partial charge >= 0.3 is 0 Å². The minimum absolute atomic E-state index is 0.101. The van der Waals surface area contributed by atoms with Crippen molar-refractivity contribution in [2.75, 3.05) is 47.9 Å². The van der Waals surface area contributed by atoms with Crippen molar-refractivity contribution in [1.29, 1.82) is 0 Å². The Labute approximate surface area is 188 Å². The van der Waals surface area contributed by atoms with Gasteiger partial charge in [-0.3, -0.25) is 9.10 Å². The molecule has 0 radical (unpaired) electrons. The van der Waals surface area contributed by atoms with E-state index < -0.39 is 10.0 Å². The largest absolute Gasteiger partial charge is 0.378 e. The summed E-state index contributed by atoms with van der Waals surface area (Å²) in [5.74, 6) is -0.301. The Hall–Kier alpha value is -3.36. The van der Waals surface area contributed by atoms with Gasteiger partial charge in [-0.25, -0.2) is 8.42 Å². The van der Waals surface area contributed by atoms with Gasteiger partial charge in [0.05, 0.1) is 23.8 Å². The van der Waals surface area contributed by atoms with Gasteiger partial charge in [-0.1, -0.05) is 24.3 Å². The second-order valence-corrected chi connectivity index (χ2v) is 9.41. The van der Waals surface area contributed by atoms with Crippen LogP contribution in [-0.4, -0.2) is 47.7 Å². The van der Waals surface area contributed by atoms with Gasteiger partial charge < -0.3 is 15.0 Å². The van der Waals surface area contributed by atoms with E-state index >= 15 is 0 Å². The first-order chi connectivity index (χ1) is 15.4. The van der Waals surface area contributed by atoms with Gasteiger partial charge in [0.25, 0.3) is 15.9 Å². The molecular formula is C24H25N3O4S. The normalized spacial score (nSPS) is 14.1. The number of nitrogens with one attached hydrogen (secondary N) is 1. The highest BCUT2D eigenvalue weighted by Gasteiger charge is 2.22.